The highest BCUT2D eigenvalue weighted by Gasteiger charge is 2.49. The van der Waals surface area contributed by atoms with Gasteiger partial charge in [0.25, 0.3) is 0 Å². The van der Waals surface area contributed by atoms with E-state index in [1.165, 1.54) is 6.07 Å². The lowest BCUT2D eigenvalue weighted by molar-refractivity contribution is 0.512. The lowest BCUT2D eigenvalue weighted by Gasteiger charge is -2.16. The fourth-order valence-electron chi connectivity index (χ4n) is 4.19. The van der Waals surface area contributed by atoms with Gasteiger partial charge in [-0.15, -0.1) is 0 Å². The van der Waals surface area contributed by atoms with Gasteiger partial charge in [0.2, 0.25) is 11.3 Å². The van der Waals surface area contributed by atoms with Gasteiger partial charge in [-0.1, -0.05) is 18.2 Å². The van der Waals surface area contributed by atoms with Crippen LogP contribution >= 0.6 is 0 Å². The number of rotatable bonds is 6. The van der Waals surface area contributed by atoms with Gasteiger partial charge in [0.05, 0.1) is 28.5 Å². The third-order valence-corrected chi connectivity index (χ3v) is 6.72. The summed E-state index contributed by atoms with van der Waals surface area (Å²) in [7, 11) is 1.87. The maximum absolute atomic E-state index is 14.7. The van der Waals surface area contributed by atoms with Crippen molar-refractivity contribution in [3.63, 3.8) is 0 Å². The van der Waals surface area contributed by atoms with E-state index in [0.29, 0.717) is 35.7 Å². The van der Waals surface area contributed by atoms with Crippen molar-refractivity contribution in [2.24, 2.45) is 7.05 Å². The first-order valence-corrected chi connectivity index (χ1v) is 12.0. The molecule has 0 spiro atoms. The predicted octanol–water partition coefficient (Wildman–Crippen LogP) is 3.74. The molecular weight excluding hydrogens is 469 g/mol. The summed E-state index contributed by atoms with van der Waals surface area (Å²) in [5, 5.41) is 4.23. The molecule has 0 aliphatic heterocycles. The molecule has 0 bridgehead atoms. The number of aromatic nitrogens is 6. The zero-order chi connectivity index (χ0) is 24.2. The van der Waals surface area contributed by atoms with Crippen LogP contribution in [-0.2, 0) is 23.9 Å². The summed E-state index contributed by atoms with van der Waals surface area (Å²) in [6, 6.07) is 14.0. The van der Waals surface area contributed by atoms with Crippen LogP contribution in [0.2, 0.25) is 0 Å². The fraction of sp³-hybridized carbons (Fsp3) is 0.167. The molecule has 176 valence electrons. The Kier molecular flexibility index (Phi) is 5.06. The Balaban J connectivity index is 1.50. The largest absolute Gasteiger partial charge is 0.294 e. The normalized spacial score (nSPS) is 15.4. The van der Waals surface area contributed by atoms with E-state index in [0.717, 1.165) is 22.2 Å². The molecule has 1 atom stereocenters. The van der Waals surface area contributed by atoms with Crippen LogP contribution in [0.15, 0.2) is 67.3 Å². The number of hydrogen-bond donors (Lipinski definition) is 2. The van der Waals surface area contributed by atoms with Gasteiger partial charge in [-0.2, -0.15) is 5.10 Å². The minimum atomic E-state index is -2.24. The van der Waals surface area contributed by atoms with Crippen molar-refractivity contribution in [1.29, 1.82) is 0 Å². The first-order valence-electron chi connectivity index (χ1n) is 10.9. The van der Waals surface area contributed by atoms with Gasteiger partial charge in [0.15, 0.2) is 5.82 Å². The van der Waals surface area contributed by atoms with E-state index in [1.54, 1.807) is 41.5 Å². The minimum absolute atomic E-state index is 0.321. The topological polar surface area (TPSA) is 111 Å². The zero-order valence-electron chi connectivity index (χ0n) is 18.6. The summed E-state index contributed by atoms with van der Waals surface area (Å²) in [5.41, 5.74) is 3.40. The lowest BCUT2D eigenvalue weighted by Crippen LogP contribution is -2.32. The number of hydrogen-bond acceptors (Lipinski definition) is 5. The molecule has 0 saturated heterocycles. The molecule has 1 saturated carbocycles. The van der Waals surface area contributed by atoms with Crippen molar-refractivity contribution < 1.29 is 13.2 Å². The highest BCUT2D eigenvalue weighted by atomic mass is 32.2. The standard InChI is InChI=1S/C24H20FN7O2S/c1-31-13-16(12-27-31)15-6-7-21-20(10-15)26-14-32(21)22-11-19(17-4-2-3-5-18(17)25)28-23(29-22)24(8-9-24)30-35(33)34/h2-7,10-14,30H,8-9H2,1H3,(H,33,34). The van der Waals surface area contributed by atoms with E-state index >= 15 is 0 Å². The average molecular weight is 490 g/mol. The van der Waals surface area contributed by atoms with Gasteiger partial charge in [-0.3, -0.25) is 13.8 Å². The number of nitrogens with zero attached hydrogens (tertiary/aromatic N) is 6. The number of benzene rings is 2. The second-order valence-corrected chi connectivity index (χ2v) is 9.27. The van der Waals surface area contributed by atoms with Crippen LogP contribution in [0.3, 0.4) is 0 Å². The highest BCUT2D eigenvalue weighted by Crippen LogP contribution is 2.45. The minimum Gasteiger partial charge on any atom is -0.294 e. The quantitative estimate of drug-likeness (QED) is 0.352. The Morgan fingerprint density at radius 1 is 1.11 bits per heavy atom. The fourth-order valence-corrected chi connectivity index (χ4v) is 4.82. The van der Waals surface area contributed by atoms with Gasteiger partial charge in [0.1, 0.15) is 18.0 Å². The first kappa shape index (κ1) is 21.7. The molecule has 0 radical (unpaired) electrons. The van der Waals surface area contributed by atoms with Crippen LogP contribution in [0.25, 0.3) is 39.2 Å². The maximum Gasteiger partial charge on any atom is 0.232 e. The molecule has 6 rings (SSSR count). The van der Waals surface area contributed by atoms with Crippen LogP contribution in [0.4, 0.5) is 4.39 Å². The van der Waals surface area contributed by atoms with Crippen molar-refractivity contribution >= 4 is 22.3 Å². The molecule has 0 amide bonds. The Labute approximate surface area is 202 Å². The summed E-state index contributed by atoms with van der Waals surface area (Å²) >= 11 is -2.24. The molecule has 3 aromatic heterocycles. The molecule has 9 nitrogen and oxygen atoms in total. The Bertz CT molecular complexity index is 1610. The lowest BCUT2D eigenvalue weighted by atomic mass is 10.1. The van der Waals surface area contributed by atoms with Crippen molar-refractivity contribution in [3.05, 3.63) is 78.9 Å². The number of nitrogens with one attached hydrogen (secondary N) is 1. The maximum atomic E-state index is 14.7. The van der Waals surface area contributed by atoms with Crippen LogP contribution in [0.1, 0.15) is 18.7 Å². The van der Waals surface area contributed by atoms with Crippen molar-refractivity contribution in [2.45, 2.75) is 18.4 Å². The molecular formula is C24H20FN7O2S. The molecule has 1 fully saturated rings. The second-order valence-electron chi connectivity index (χ2n) is 8.57. The average Bonchev–Trinajstić information content (AvgIpc) is 3.29. The summed E-state index contributed by atoms with van der Waals surface area (Å²) in [5.74, 6) is 0.411. The van der Waals surface area contributed by atoms with Crippen molar-refractivity contribution in [1.82, 2.24) is 34.0 Å². The molecule has 3 heterocycles. The first-order chi connectivity index (χ1) is 16.9. The monoisotopic (exact) mass is 489 g/mol. The van der Waals surface area contributed by atoms with E-state index in [-0.39, 0.29) is 0 Å². The molecule has 5 aromatic rings. The Morgan fingerprint density at radius 3 is 2.66 bits per heavy atom. The Hall–Kier alpha value is -3.80. The van der Waals surface area contributed by atoms with E-state index < -0.39 is 22.6 Å². The molecule has 1 unspecified atom stereocenters. The summed E-state index contributed by atoms with van der Waals surface area (Å²) in [4.78, 5) is 13.9. The van der Waals surface area contributed by atoms with Crippen LogP contribution < -0.4 is 4.72 Å². The van der Waals surface area contributed by atoms with E-state index in [4.69, 9.17) is 4.98 Å². The van der Waals surface area contributed by atoms with Gasteiger partial charge in [0, 0.05) is 30.4 Å². The smallest absolute Gasteiger partial charge is 0.232 e. The van der Waals surface area contributed by atoms with Crippen LogP contribution in [0, 0.1) is 5.82 Å². The number of fused-ring (bicyclic) bond motifs is 1. The number of aryl methyl sites for hydroxylation is 1. The Morgan fingerprint density at radius 2 is 1.94 bits per heavy atom. The SMILES string of the molecule is Cn1cc(-c2ccc3c(c2)ncn3-c2cc(-c3ccccc3F)nc(C3(NS(=O)O)CC3)n2)cn1. The zero-order valence-corrected chi connectivity index (χ0v) is 19.4. The van der Waals surface area contributed by atoms with Gasteiger partial charge < -0.3 is 0 Å². The predicted molar refractivity (Wildman–Crippen MR) is 129 cm³/mol. The van der Waals surface area contributed by atoms with Crippen molar-refractivity contribution in [2.75, 3.05) is 0 Å². The molecule has 35 heavy (non-hydrogen) atoms. The van der Waals surface area contributed by atoms with Crippen LogP contribution in [0.5, 0.6) is 0 Å². The summed E-state index contributed by atoms with van der Waals surface area (Å²) in [6.45, 7) is 0. The van der Waals surface area contributed by atoms with Gasteiger partial charge in [-0.25, -0.2) is 28.3 Å². The molecule has 1 aliphatic rings. The van der Waals surface area contributed by atoms with Crippen LogP contribution in [-0.4, -0.2) is 38.1 Å². The van der Waals surface area contributed by atoms with Gasteiger partial charge in [-0.05, 0) is 42.7 Å². The number of halogens is 1. The third kappa shape index (κ3) is 3.93. The summed E-state index contributed by atoms with van der Waals surface area (Å²) in [6.07, 6.45) is 6.58. The van der Waals surface area contributed by atoms with Crippen molar-refractivity contribution in [3.8, 4) is 28.2 Å². The number of imidazole rings is 1. The molecule has 11 heteroatoms. The molecule has 2 N–H and O–H groups in total. The molecule has 1 aliphatic carbocycles. The van der Waals surface area contributed by atoms with E-state index in [9.17, 15) is 13.2 Å². The summed E-state index contributed by atoms with van der Waals surface area (Å²) < 4.78 is 41.9. The van der Waals surface area contributed by atoms with E-state index in [2.05, 4.69) is 19.8 Å². The highest BCUT2D eigenvalue weighted by molar-refractivity contribution is 7.77. The van der Waals surface area contributed by atoms with E-state index in [1.807, 2.05) is 36.0 Å². The third-order valence-electron chi connectivity index (χ3n) is 6.16. The second kappa shape index (κ2) is 8.15. The van der Waals surface area contributed by atoms with Gasteiger partial charge >= 0.3 is 0 Å². The molecule has 2 aromatic carbocycles.